The maximum absolute atomic E-state index is 14.2. The normalized spacial score (nSPS) is 11.6. The molecule has 3 aromatic rings. The van der Waals surface area contributed by atoms with Gasteiger partial charge in [0, 0.05) is 23.7 Å². The predicted molar refractivity (Wildman–Crippen MR) is 110 cm³/mol. The molecule has 0 amide bonds. The van der Waals surface area contributed by atoms with E-state index in [0.29, 0.717) is 10.6 Å². The fourth-order valence-electron chi connectivity index (χ4n) is 2.77. The van der Waals surface area contributed by atoms with Crippen LogP contribution in [0.25, 0.3) is 11.4 Å². The Morgan fingerprint density at radius 3 is 2.48 bits per heavy atom. The molecule has 3 rings (SSSR count). The van der Waals surface area contributed by atoms with E-state index in [1.807, 2.05) is 0 Å². The van der Waals surface area contributed by atoms with Crippen molar-refractivity contribution in [2.45, 2.75) is 25.3 Å². The highest BCUT2D eigenvalue weighted by Crippen LogP contribution is 2.21. The lowest BCUT2D eigenvalue weighted by molar-refractivity contribution is 0.0424. The molecule has 0 saturated carbocycles. The van der Waals surface area contributed by atoms with E-state index in [0.717, 1.165) is 18.2 Å². The van der Waals surface area contributed by atoms with Crippen molar-refractivity contribution in [2.24, 2.45) is 0 Å². The minimum atomic E-state index is -3.86. The van der Waals surface area contributed by atoms with E-state index < -0.39 is 34.0 Å². The van der Waals surface area contributed by atoms with Crippen LogP contribution in [0.3, 0.4) is 0 Å². The number of carbonyl (C=O) groups is 1. The van der Waals surface area contributed by atoms with E-state index in [1.54, 1.807) is 38.1 Å². The van der Waals surface area contributed by atoms with Crippen LogP contribution in [0.15, 0.2) is 51.9 Å². The van der Waals surface area contributed by atoms with Crippen LogP contribution in [0, 0.1) is 5.82 Å². The molecule has 0 bridgehead atoms. The van der Waals surface area contributed by atoms with Crippen molar-refractivity contribution < 1.29 is 26.9 Å². The highest BCUT2D eigenvalue weighted by Gasteiger charge is 2.25. The molecule has 0 radical (unpaired) electrons. The summed E-state index contributed by atoms with van der Waals surface area (Å²) in [6.07, 6.45) is 0. The van der Waals surface area contributed by atoms with Gasteiger partial charge in [-0.2, -0.15) is 9.29 Å². The Bertz CT molecular complexity index is 1180. The summed E-state index contributed by atoms with van der Waals surface area (Å²) >= 11 is 5.84. The van der Waals surface area contributed by atoms with Crippen molar-refractivity contribution in [3.05, 3.63) is 64.8 Å². The van der Waals surface area contributed by atoms with Crippen molar-refractivity contribution in [1.29, 1.82) is 0 Å². The van der Waals surface area contributed by atoms with Gasteiger partial charge in [-0.15, -0.1) is 0 Å². The maximum Gasteiger partial charge on any atom is 0.341 e. The average Bonchev–Trinajstić information content (AvgIpc) is 3.22. The van der Waals surface area contributed by atoms with Crippen LogP contribution in [0.2, 0.25) is 5.02 Å². The smallest absolute Gasteiger partial charge is 0.341 e. The topological polar surface area (TPSA) is 103 Å². The molecular weight excluding hydrogens is 449 g/mol. The lowest BCUT2D eigenvalue weighted by Gasteiger charge is -2.18. The quantitative estimate of drug-likeness (QED) is 0.462. The van der Waals surface area contributed by atoms with E-state index >= 15 is 0 Å². The fraction of sp³-hybridized carbons (Fsp3) is 0.250. The number of esters is 1. The first-order valence-electron chi connectivity index (χ1n) is 9.31. The van der Waals surface area contributed by atoms with Gasteiger partial charge in [0.05, 0.1) is 10.5 Å². The van der Waals surface area contributed by atoms with Gasteiger partial charge in [-0.3, -0.25) is 0 Å². The highest BCUT2D eigenvalue weighted by atomic mass is 35.5. The molecule has 0 fully saturated rings. The van der Waals surface area contributed by atoms with Crippen LogP contribution in [-0.4, -0.2) is 41.9 Å². The number of hydrogen-bond donors (Lipinski definition) is 0. The van der Waals surface area contributed by atoms with Crippen LogP contribution in [-0.2, 0) is 21.4 Å². The Labute approximate surface area is 183 Å². The maximum atomic E-state index is 14.2. The molecule has 2 aromatic carbocycles. The minimum Gasteiger partial charge on any atom is -0.452 e. The first-order chi connectivity index (χ1) is 14.8. The first kappa shape index (κ1) is 22.9. The molecule has 0 aliphatic carbocycles. The average molecular weight is 468 g/mol. The van der Waals surface area contributed by atoms with Crippen LogP contribution >= 0.6 is 11.6 Å². The summed E-state index contributed by atoms with van der Waals surface area (Å²) in [7, 11) is -3.86. The van der Waals surface area contributed by atoms with Crippen molar-refractivity contribution in [2.75, 3.05) is 13.1 Å². The molecule has 164 valence electrons. The molecule has 0 spiro atoms. The Kier molecular flexibility index (Phi) is 7.04. The predicted octanol–water partition coefficient (Wildman–Crippen LogP) is 3.92. The molecular formula is C20H19ClFN3O5S. The van der Waals surface area contributed by atoms with E-state index in [-0.39, 0.29) is 29.7 Å². The van der Waals surface area contributed by atoms with Crippen molar-refractivity contribution in [3.63, 3.8) is 0 Å². The third-order valence-corrected chi connectivity index (χ3v) is 6.70. The lowest BCUT2D eigenvalue weighted by atomic mass is 10.2. The molecule has 1 aromatic heterocycles. The van der Waals surface area contributed by atoms with Crippen LogP contribution < -0.4 is 0 Å². The number of ether oxygens (including phenoxy) is 1. The molecule has 31 heavy (non-hydrogen) atoms. The molecule has 0 N–H and O–H groups in total. The molecule has 0 aliphatic rings. The molecule has 0 aliphatic heterocycles. The standard InChI is InChI=1S/C20H19ClFN3O5S/c1-3-25(4-2)31(27,28)15-9-10-17(22)16(11-15)20(26)29-12-18-23-19(24-30-18)13-5-7-14(21)8-6-13/h5-11H,3-4,12H2,1-2H3. The van der Waals surface area contributed by atoms with Gasteiger partial charge in [0.2, 0.25) is 15.8 Å². The summed E-state index contributed by atoms with van der Waals surface area (Å²) in [6.45, 7) is 3.43. The second-order valence-corrected chi connectivity index (χ2v) is 8.70. The monoisotopic (exact) mass is 467 g/mol. The van der Waals surface area contributed by atoms with Gasteiger partial charge in [-0.25, -0.2) is 17.6 Å². The first-order valence-corrected chi connectivity index (χ1v) is 11.1. The third-order valence-electron chi connectivity index (χ3n) is 4.40. The zero-order valence-electron chi connectivity index (χ0n) is 16.7. The van der Waals surface area contributed by atoms with Crippen LogP contribution in [0.1, 0.15) is 30.1 Å². The number of halogens is 2. The van der Waals surface area contributed by atoms with Crippen molar-refractivity contribution in [3.8, 4) is 11.4 Å². The van der Waals surface area contributed by atoms with E-state index in [1.165, 1.54) is 4.31 Å². The Balaban J connectivity index is 1.75. The SMILES string of the molecule is CCN(CC)S(=O)(=O)c1ccc(F)c(C(=O)OCc2nc(-c3ccc(Cl)cc3)no2)c1. The number of aromatic nitrogens is 2. The number of carbonyl (C=O) groups excluding carboxylic acids is 1. The Morgan fingerprint density at radius 1 is 1.16 bits per heavy atom. The van der Waals surface area contributed by atoms with Gasteiger partial charge in [-0.1, -0.05) is 30.6 Å². The number of nitrogens with zero attached hydrogens (tertiary/aromatic N) is 3. The number of rotatable bonds is 8. The number of benzene rings is 2. The number of sulfonamides is 1. The van der Waals surface area contributed by atoms with E-state index in [4.69, 9.17) is 20.9 Å². The summed E-state index contributed by atoms with van der Waals surface area (Å²) < 4.78 is 50.7. The zero-order valence-corrected chi connectivity index (χ0v) is 18.3. The highest BCUT2D eigenvalue weighted by molar-refractivity contribution is 7.89. The van der Waals surface area contributed by atoms with Crippen molar-refractivity contribution in [1.82, 2.24) is 14.4 Å². The molecule has 1 heterocycles. The van der Waals surface area contributed by atoms with Crippen LogP contribution in [0.4, 0.5) is 4.39 Å². The van der Waals surface area contributed by atoms with Crippen LogP contribution in [0.5, 0.6) is 0 Å². The summed E-state index contributed by atoms with van der Waals surface area (Å²) in [5.41, 5.74) is 0.136. The molecule has 11 heteroatoms. The summed E-state index contributed by atoms with van der Waals surface area (Å²) in [5, 5.41) is 4.34. The van der Waals surface area contributed by atoms with Gasteiger partial charge < -0.3 is 9.26 Å². The zero-order chi connectivity index (χ0) is 22.6. The molecule has 0 saturated heterocycles. The molecule has 0 unspecified atom stereocenters. The largest absolute Gasteiger partial charge is 0.452 e. The van der Waals surface area contributed by atoms with Gasteiger partial charge in [0.1, 0.15) is 5.82 Å². The Morgan fingerprint density at radius 2 is 1.84 bits per heavy atom. The van der Waals surface area contributed by atoms with Gasteiger partial charge in [0.15, 0.2) is 6.61 Å². The van der Waals surface area contributed by atoms with E-state index in [9.17, 15) is 17.6 Å². The molecule has 8 nitrogen and oxygen atoms in total. The van der Waals surface area contributed by atoms with Gasteiger partial charge in [0.25, 0.3) is 5.89 Å². The second kappa shape index (κ2) is 9.54. The lowest BCUT2D eigenvalue weighted by Crippen LogP contribution is -2.30. The van der Waals surface area contributed by atoms with E-state index in [2.05, 4.69) is 10.1 Å². The van der Waals surface area contributed by atoms with Crippen molar-refractivity contribution >= 4 is 27.6 Å². The van der Waals surface area contributed by atoms with Gasteiger partial charge in [-0.05, 0) is 42.5 Å². The third kappa shape index (κ3) is 5.09. The molecule has 0 atom stereocenters. The summed E-state index contributed by atoms with van der Waals surface area (Å²) in [5.74, 6) is -1.71. The minimum absolute atomic E-state index is 0.00868. The fourth-order valence-corrected chi connectivity index (χ4v) is 4.38. The summed E-state index contributed by atoms with van der Waals surface area (Å²) in [4.78, 5) is 16.3. The number of hydrogen-bond acceptors (Lipinski definition) is 7. The second-order valence-electron chi connectivity index (χ2n) is 6.33. The summed E-state index contributed by atoms with van der Waals surface area (Å²) in [6, 6.07) is 9.69. The van der Waals surface area contributed by atoms with Gasteiger partial charge >= 0.3 is 5.97 Å². The Hall–Kier alpha value is -2.82.